The molecular formula is C19H29N3O2. The van der Waals surface area contributed by atoms with Crippen molar-refractivity contribution < 1.29 is 9.57 Å². The maximum Gasteiger partial charge on any atom is 0.127 e. The molecule has 1 aromatic carbocycles. The highest BCUT2D eigenvalue weighted by molar-refractivity contribution is 5.98. The van der Waals surface area contributed by atoms with Crippen molar-refractivity contribution in [1.29, 1.82) is 0 Å². The van der Waals surface area contributed by atoms with Crippen LogP contribution < -0.4 is 16.4 Å². The Morgan fingerprint density at radius 1 is 1.25 bits per heavy atom. The van der Waals surface area contributed by atoms with E-state index in [1.54, 1.807) is 0 Å². The third-order valence-electron chi connectivity index (χ3n) is 5.38. The lowest BCUT2D eigenvalue weighted by Crippen LogP contribution is -2.36. The monoisotopic (exact) mass is 331 g/mol. The van der Waals surface area contributed by atoms with Crippen molar-refractivity contribution in [2.75, 3.05) is 0 Å². The van der Waals surface area contributed by atoms with Gasteiger partial charge in [0, 0.05) is 5.56 Å². The molecule has 1 saturated carbocycles. The summed E-state index contributed by atoms with van der Waals surface area (Å²) in [5.74, 6) is 7.65. The van der Waals surface area contributed by atoms with Gasteiger partial charge in [0.05, 0.1) is 6.04 Å². The van der Waals surface area contributed by atoms with Gasteiger partial charge in [-0.05, 0) is 75.1 Å². The Morgan fingerprint density at radius 3 is 2.71 bits per heavy atom. The second-order valence-corrected chi connectivity index (χ2v) is 7.29. The molecular weight excluding hydrogens is 302 g/mol. The molecule has 0 aromatic heterocycles. The zero-order valence-electron chi connectivity index (χ0n) is 14.7. The Labute approximate surface area is 144 Å². The molecule has 5 nitrogen and oxygen atoms in total. The van der Waals surface area contributed by atoms with Gasteiger partial charge in [-0.25, -0.2) is 5.90 Å². The van der Waals surface area contributed by atoms with Crippen LogP contribution in [0.2, 0.25) is 0 Å². The molecule has 2 atom stereocenters. The van der Waals surface area contributed by atoms with Gasteiger partial charge in [0.15, 0.2) is 0 Å². The summed E-state index contributed by atoms with van der Waals surface area (Å²) >= 11 is 0. The molecule has 4 N–H and O–H groups in total. The van der Waals surface area contributed by atoms with Gasteiger partial charge in [-0.15, -0.1) is 0 Å². The second kappa shape index (κ2) is 7.53. The molecule has 0 amide bonds. The molecule has 1 aromatic rings. The average molecular weight is 331 g/mol. The number of aliphatic imine (C=N–C) groups is 1. The van der Waals surface area contributed by atoms with Crippen LogP contribution in [-0.2, 0) is 11.3 Å². The zero-order valence-corrected chi connectivity index (χ0v) is 14.7. The number of ether oxygens (including phenoxy) is 1. The van der Waals surface area contributed by atoms with Crippen molar-refractivity contribution in [3.8, 4) is 5.75 Å². The molecule has 24 heavy (non-hydrogen) atoms. The number of amidine groups is 1. The van der Waals surface area contributed by atoms with Gasteiger partial charge in [-0.2, -0.15) is 0 Å². The molecule has 1 aliphatic carbocycles. The van der Waals surface area contributed by atoms with E-state index in [4.69, 9.17) is 26.2 Å². The number of fused-ring (bicyclic) bond motifs is 1. The average Bonchev–Trinajstić information content (AvgIpc) is 2.62. The zero-order chi connectivity index (χ0) is 17.1. The van der Waals surface area contributed by atoms with E-state index in [9.17, 15) is 0 Å². The summed E-state index contributed by atoms with van der Waals surface area (Å²) in [6, 6.07) is 6.48. The normalized spacial score (nSPS) is 28.8. The summed E-state index contributed by atoms with van der Waals surface area (Å²) in [5.41, 5.74) is 8.44. The van der Waals surface area contributed by atoms with Crippen molar-refractivity contribution >= 4 is 5.84 Å². The molecule has 1 fully saturated rings. The molecule has 0 bridgehead atoms. The molecule has 1 heterocycles. The van der Waals surface area contributed by atoms with Gasteiger partial charge in [0.2, 0.25) is 0 Å². The third kappa shape index (κ3) is 3.90. The minimum absolute atomic E-state index is 0.00333. The van der Waals surface area contributed by atoms with Gasteiger partial charge in [-0.1, -0.05) is 6.92 Å². The fraction of sp³-hybridized carbons (Fsp3) is 0.632. The molecule has 0 saturated heterocycles. The van der Waals surface area contributed by atoms with Crippen LogP contribution >= 0.6 is 0 Å². The van der Waals surface area contributed by atoms with E-state index in [0.717, 1.165) is 42.9 Å². The summed E-state index contributed by atoms with van der Waals surface area (Å²) in [4.78, 5) is 9.66. The van der Waals surface area contributed by atoms with Crippen molar-refractivity contribution in [3.05, 3.63) is 29.3 Å². The molecule has 132 valence electrons. The fourth-order valence-corrected chi connectivity index (χ4v) is 3.63. The Hall–Kier alpha value is -1.59. The van der Waals surface area contributed by atoms with Crippen molar-refractivity contribution in [2.45, 2.75) is 70.6 Å². The van der Waals surface area contributed by atoms with Gasteiger partial charge < -0.3 is 10.5 Å². The first-order valence-corrected chi connectivity index (χ1v) is 9.05. The fourth-order valence-electron chi connectivity index (χ4n) is 3.63. The minimum Gasteiger partial charge on any atom is -0.487 e. The summed E-state index contributed by atoms with van der Waals surface area (Å²) < 4.78 is 6.00. The van der Waals surface area contributed by atoms with Crippen LogP contribution in [-0.4, -0.2) is 24.1 Å². The van der Waals surface area contributed by atoms with Gasteiger partial charge in [0.25, 0.3) is 0 Å². The first-order chi connectivity index (χ1) is 11.6. The van der Waals surface area contributed by atoms with Gasteiger partial charge in [-0.3, -0.25) is 9.83 Å². The van der Waals surface area contributed by atoms with Crippen LogP contribution in [0.25, 0.3) is 0 Å². The molecule has 3 rings (SSSR count). The van der Waals surface area contributed by atoms with Crippen LogP contribution in [0.3, 0.4) is 0 Å². The van der Waals surface area contributed by atoms with E-state index in [-0.39, 0.29) is 12.2 Å². The van der Waals surface area contributed by atoms with Crippen LogP contribution in [0, 0.1) is 5.92 Å². The Balaban J connectivity index is 1.70. The van der Waals surface area contributed by atoms with Crippen LogP contribution in [0.4, 0.5) is 0 Å². The Bertz CT molecular complexity index is 594. The van der Waals surface area contributed by atoms with Gasteiger partial charge >= 0.3 is 0 Å². The van der Waals surface area contributed by atoms with E-state index in [1.807, 2.05) is 19.1 Å². The number of nitrogens with two attached hydrogens (primary N) is 2. The summed E-state index contributed by atoms with van der Waals surface area (Å²) in [6.07, 6.45) is 6.53. The number of hydrogen-bond acceptors (Lipinski definition) is 4. The highest BCUT2D eigenvalue weighted by atomic mass is 16.6. The molecule has 2 aliphatic rings. The van der Waals surface area contributed by atoms with E-state index in [2.05, 4.69) is 13.0 Å². The van der Waals surface area contributed by atoms with Crippen LogP contribution in [0.5, 0.6) is 5.75 Å². The van der Waals surface area contributed by atoms with Crippen molar-refractivity contribution in [2.24, 2.45) is 22.5 Å². The van der Waals surface area contributed by atoms with E-state index in [1.165, 1.54) is 18.4 Å². The quantitative estimate of drug-likeness (QED) is 0.505. The Kier molecular flexibility index (Phi) is 5.41. The highest BCUT2D eigenvalue weighted by Crippen LogP contribution is 2.30. The maximum absolute atomic E-state index is 6.26. The standard InChI is InChI=1S/C19H29N3O2/c1-12-3-7-16(8-4-12)22-19(20)15-6-10-18-14(11-15)5-9-17(23-18)13(2)24-21/h6,10-13,16-17H,3-5,7-9,21H2,1-2H3,(H2,20,22). The lowest BCUT2D eigenvalue weighted by atomic mass is 9.87. The third-order valence-corrected chi connectivity index (χ3v) is 5.38. The lowest BCUT2D eigenvalue weighted by Gasteiger charge is -2.29. The van der Waals surface area contributed by atoms with E-state index >= 15 is 0 Å². The van der Waals surface area contributed by atoms with Crippen molar-refractivity contribution in [3.63, 3.8) is 0 Å². The molecule has 2 unspecified atom stereocenters. The molecule has 0 spiro atoms. The first-order valence-electron chi connectivity index (χ1n) is 9.05. The molecule has 1 aliphatic heterocycles. The first kappa shape index (κ1) is 17.2. The Morgan fingerprint density at radius 2 is 2.00 bits per heavy atom. The molecule has 0 radical (unpaired) electrons. The summed E-state index contributed by atoms with van der Waals surface area (Å²) in [7, 11) is 0. The SMILES string of the molecule is CC1CCC(N=C(N)c2ccc3c(c2)CCC(C(C)ON)O3)CC1. The largest absolute Gasteiger partial charge is 0.487 e. The number of hydrogen-bond donors (Lipinski definition) is 2. The minimum atomic E-state index is -0.113. The van der Waals surface area contributed by atoms with Crippen molar-refractivity contribution in [1.82, 2.24) is 0 Å². The topological polar surface area (TPSA) is 82.9 Å². The van der Waals surface area contributed by atoms with E-state index < -0.39 is 0 Å². The summed E-state index contributed by atoms with van der Waals surface area (Å²) in [6.45, 7) is 4.25. The number of benzene rings is 1. The highest BCUT2D eigenvalue weighted by Gasteiger charge is 2.25. The number of rotatable bonds is 4. The number of aryl methyl sites for hydroxylation is 1. The number of nitrogens with zero attached hydrogens (tertiary/aromatic N) is 1. The second-order valence-electron chi connectivity index (χ2n) is 7.29. The van der Waals surface area contributed by atoms with Crippen LogP contribution in [0.15, 0.2) is 23.2 Å². The molecule has 5 heteroatoms. The summed E-state index contributed by atoms with van der Waals surface area (Å²) in [5, 5.41) is 0. The van der Waals surface area contributed by atoms with E-state index in [0.29, 0.717) is 11.9 Å². The maximum atomic E-state index is 6.26. The smallest absolute Gasteiger partial charge is 0.127 e. The van der Waals surface area contributed by atoms with Gasteiger partial charge in [0.1, 0.15) is 23.8 Å². The predicted molar refractivity (Wildman–Crippen MR) is 96.1 cm³/mol. The lowest BCUT2D eigenvalue weighted by molar-refractivity contribution is -0.0238. The predicted octanol–water partition coefficient (Wildman–Crippen LogP) is 2.94. The van der Waals surface area contributed by atoms with Crippen LogP contribution in [0.1, 0.15) is 57.1 Å².